The van der Waals surface area contributed by atoms with Crippen LogP contribution in [0, 0.1) is 5.92 Å². The van der Waals surface area contributed by atoms with Gasteiger partial charge in [0.2, 0.25) is 5.78 Å². The van der Waals surface area contributed by atoms with Gasteiger partial charge in [0, 0.05) is 17.4 Å². The zero-order valence-corrected chi connectivity index (χ0v) is 18.2. The first-order chi connectivity index (χ1) is 14.9. The van der Waals surface area contributed by atoms with E-state index in [-0.39, 0.29) is 17.8 Å². The van der Waals surface area contributed by atoms with Gasteiger partial charge in [-0.15, -0.1) is 11.3 Å². The Balaban J connectivity index is 1.63. The van der Waals surface area contributed by atoms with E-state index in [1.54, 1.807) is 29.0 Å². The van der Waals surface area contributed by atoms with Crippen molar-refractivity contribution in [3.63, 3.8) is 0 Å². The minimum Gasteiger partial charge on any atom is -0.446 e. The molecule has 0 fully saturated rings. The van der Waals surface area contributed by atoms with Gasteiger partial charge in [-0.25, -0.2) is 14.3 Å². The van der Waals surface area contributed by atoms with E-state index < -0.39 is 6.09 Å². The molecule has 0 saturated carbocycles. The molecule has 0 bridgehead atoms. The Kier molecular flexibility index (Phi) is 5.81. The van der Waals surface area contributed by atoms with Crippen LogP contribution in [0.25, 0.3) is 16.9 Å². The van der Waals surface area contributed by atoms with Crippen LogP contribution in [0.4, 0.5) is 10.5 Å². The number of aromatic nitrogens is 3. The molecule has 0 aliphatic heterocycles. The lowest BCUT2D eigenvalue weighted by atomic mass is 10.1. The summed E-state index contributed by atoms with van der Waals surface area (Å²) in [5.41, 5.74) is 3.11. The van der Waals surface area contributed by atoms with Crippen molar-refractivity contribution in [1.82, 2.24) is 14.6 Å². The third-order valence-corrected chi connectivity index (χ3v) is 5.90. The van der Waals surface area contributed by atoms with E-state index in [0.717, 1.165) is 11.3 Å². The molecule has 4 rings (SSSR count). The third-order valence-electron chi connectivity index (χ3n) is 5.03. The van der Waals surface area contributed by atoms with Gasteiger partial charge < -0.3 is 4.74 Å². The van der Waals surface area contributed by atoms with Gasteiger partial charge in [0.1, 0.15) is 6.10 Å². The first kappa shape index (κ1) is 20.7. The summed E-state index contributed by atoms with van der Waals surface area (Å²) in [6.07, 6.45) is 2.50. The van der Waals surface area contributed by atoms with E-state index in [1.807, 2.05) is 56.5 Å². The number of carbonyl (C=O) groups excluding carboxylic acids is 2. The number of thiophene rings is 1. The molecule has 0 radical (unpaired) electrons. The molecule has 1 N–H and O–H groups in total. The molecule has 31 heavy (non-hydrogen) atoms. The van der Waals surface area contributed by atoms with Gasteiger partial charge in [-0.05, 0) is 42.5 Å². The van der Waals surface area contributed by atoms with Gasteiger partial charge in [0.05, 0.1) is 22.3 Å². The maximum Gasteiger partial charge on any atom is 0.411 e. The zero-order valence-electron chi connectivity index (χ0n) is 17.4. The van der Waals surface area contributed by atoms with Crippen molar-refractivity contribution in [3.8, 4) is 11.3 Å². The molecule has 0 saturated heterocycles. The molecule has 0 aliphatic carbocycles. The number of ether oxygens (including phenoxy) is 1. The van der Waals surface area contributed by atoms with E-state index in [4.69, 9.17) is 4.74 Å². The Labute approximate surface area is 183 Å². The molecule has 0 aliphatic rings. The normalized spacial score (nSPS) is 12.1. The van der Waals surface area contributed by atoms with Crippen LogP contribution < -0.4 is 5.32 Å². The van der Waals surface area contributed by atoms with Crippen molar-refractivity contribution in [2.75, 3.05) is 5.32 Å². The van der Waals surface area contributed by atoms with Gasteiger partial charge in [0.25, 0.3) is 0 Å². The van der Waals surface area contributed by atoms with E-state index in [1.165, 1.54) is 11.3 Å². The first-order valence-electron chi connectivity index (χ1n) is 9.93. The first-order valence-corrected chi connectivity index (χ1v) is 10.8. The number of nitrogens with one attached hydrogen (secondary N) is 1. The van der Waals surface area contributed by atoms with E-state index >= 15 is 0 Å². The lowest BCUT2D eigenvalue weighted by molar-refractivity contribution is 0.0940. The smallest absolute Gasteiger partial charge is 0.411 e. The number of fused-ring (bicyclic) bond motifs is 1. The molecule has 4 aromatic rings. The molecule has 3 heterocycles. The highest BCUT2D eigenvalue weighted by Crippen LogP contribution is 2.25. The van der Waals surface area contributed by atoms with Gasteiger partial charge in [-0.3, -0.25) is 10.1 Å². The number of benzene rings is 1. The van der Waals surface area contributed by atoms with Crippen LogP contribution in [0.1, 0.15) is 36.0 Å². The number of hydrogen-bond acceptors (Lipinski definition) is 6. The van der Waals surface area contributed by atoms with Crippen LogP contribution in [-0.2, 0) is 4.74 Å². The number of hydrogen-bond donors (Lipinski definition) is 1. The third kappa shape index (κ3) is 4.34. The van der Waals surface area contributed by atoms with Crippen LogP contribution in [0.5, 0.6) is 0 Å². The summed E-state index contributed by atoms with van der Waals surface area (Å²) < 4.78 is 7.02. The number of carbonyl (C=O) groups is 2. The molecule has 1 atom stereocenters. The summed E-state index contributed by atoms with van der Waals surface area (Å²) in [6, 6.07) is 12.8. The number of ketones is 1. The molecule has 158 valence electrons. The molecule has 3 aromatic heterocycles. The Morgan fingerprint density at radius 3 is 2.71 bits per heavy atom. The maximum atomic E-state index is 12.8. The van der Waals surface area contributed by atoms with Crippen LogP contribution in [-0.4, -0.2) is 32.6 Å². The topological polar surface area (TPSA) is 85.6 Å². The summed E-state index contributed by atoms with van der Waals surface area (Å²) in [5.74, 6) is 0.125. The molecule has 8 heteroatoms. The summed E-state index contributed by atoms with van der Waals surface area (Å²) in [4.78, 5) is 30.0. The standard InChI is InChI=1S/C23H22N4O3S/c1-14(2)15(3)30-23(29)26-17-7-4-6-16(12-17)19-9-10-24-22-18(13-25-27(19)22)21(28)20-8-5-11-31-20/h4-15H,1-3H3,(H,26,29). The van der Waals surface area contributed by atoms with Gasteiger partial charge in [-0.2, -0.15) is 5.10 Å². The lowest BCUT2D eigenvalue weighted by Crippen LogP contribution is -2.23. The van der Waals surface area contributed by atoms with Crippen LogP contribution in [0.3, 0.4) is 0 Å². The van der Waals surface area contributed by atoms with Crippen LogP contribution in [0.15, 0.2) is 60.2 Å². The summed E-state index contributed by atoms with van der Waals surface area (Å²) in [5, 5.41) is 9.03. The Hall–Kier alpha value is -3.52. The van der Waals surface area contributed by atoms with E-state index in [9.17, 15) is 9.59 Å². The fraction of sp³-hybridized carbons (Fsp3) is 0.217. The minimum absolute atomic E-state index is 0.105. The Morgan fingerprint density at radius 2 is 1.97 bits per heavy atom. The Bertz CT molecular complexity index is 1230. The summed E-state index contributed by atoms with van der Waals surface area (Å²) >= 11 is 1.39. The molecule has 1 aromatic carbocycles. The van der Waals surface area contributed by atoms with Crippen molar-refractivity contribution in [1.29, 1.82) is 0 Å². The largest absolute Gasteiger partial charge is 0.446 e. The number of nitrogens with zero attached hydrogens (tertiary/aromatic N) is 3. The number of rotatable bonds is 6. The zero-order chi connectivity index (χ0) is 22.0. The van der Waals surface area contributed by atoms with Gasteiger partial charge >= 0.3 is 6.09 Å². The highest BCUT2D eigenvalue weighted by atomic mass is 32.1. The highest BCUT2D eigenvalue weighted by molar-refractivity contribution is 7.12. The molecular formula is C23H22N4O3S. The molecular weight excluding hydrogens is 412 g/mol. The number of amides is 1. The predicted molar refractivity (Wildman–Crippen MR) is 121 cm³/mol. The summed E-state index contributed by atoms with van der Waals surface area (Å²) in [7, 11) is 0. The number of anilines is 1. The highest BCUT2D eigenvalue weighted by Gasteiger charge is 2.19. The maximum absolute atomic E-state index is 12.8. The van der Waals surface area contributed by atoms with Crippen molar-refractivity contribution in [2.45, 2.75) is 26.9 Å². The quantitative estimate of drug-likeness (QED) is 0.417. The second kappa shape index (κ2) is 8.69. The van der Waals surface area contributed by atoms with Crippen LogP contribution >= 0.6 is 11.3 Å². The second-order valence-electron chi connectivity index (χ2n) is 7.49. The molecule has 1 unspecified atom stereocenters. The van der Waals surface area contributed by atoms with Crippen molar-refractivity contribution in [2.24, 2.45) is 5.92 Å². The van der Waals surface area contributed by atoms with Crippen molar-refractivity contribution < 1.29 is 14.3 Å². The van der Waals surface area contributed by atoms with E-state index in [2.05, 4.69) is 15.4 Å². The molecule has 1 amide bonds. The second-order valence-corrected chi connectivity index (χ2v) is 8.44. The Morgan fingerprint density at radius 1 is 1.13 bits per heavy atom. The fourth-order valence-electron chi connectivity index (χ4n) is 3.02. The van der Waals surface area contributed by atoms with Gasteiger partial charge in [-0.1, -0.05) is 32.0 Å². The molecule has 7 nitrogen and oxygen atoms in total. The minimum atomic E-state index is -0.499. The van der Waals surface area contributed by atoms with Crippen molar-refractivity contribution >= 4 is 34.5 Å². The monoisotopic (exact) mass is 434 g/mol. The average molecular weight is 435 g/mol. The van der Waals surface area contributed by atoms with Gasteiger partial charge in [0.15, 0.2) is 5.65 Å². The molecule has 0 spiro atoms. The average Bonchev–Trinajstić information content (AvgIpc) is 3.43. The fourth-order valence-corrected chi connectivity index (χ4v) is 3.70. The van der Waals surface area contributed by atoms with Crippen molar-refractivity contribution in [3.05, 3.63) is 70.7 Å². The SMILES string of the molecule is CC(C)C(C)OC(=O)Nc1cccc(-c2ccnc3c(C(=O)c4cccs4)cnn23)c1. The summed E-state index contributed by atoms with van der Waals surface area (Å²) in [6.45, 7) is 5.85. The van der Waals surface area contributed by atoms with Crippen LogP contribution in [0.2, 0.25) is 0 Å². The predicted octanol–water partition coefficient (Wildman–Crippen LogP) is 5.28. The van der Waals surface area contributed by atoms with E-state index in [0.29, 0.717) is 21.8 Å². The lowest BCUT2D eigenvalue weighted by Gasteiger charge is -2.17.